The molecule has 2 nitrogen and oxygen atoms in total. The van der Waals surface area contributed by atoms with Crippen LogP contribution in [0.15, 0.2) is 18.2 Å². The van der Waals surface area contributed by atoms with Crippen molar-refractivity contribution in [3.05, 3.63) is 29.6 Å². The van der Waals surface area contributed by atoms with Gasteiger partial charge in [0.2, 0.25) is 0 Å². The van der Waals surface area contributed by atoms with Crippen LogP contribution in [-0.4, -0.2) is 23.1 Å². The lowest BCUT2D eigenvalue weighted by atomic mass is 10.0. The van der Waals surface area contributed by atoms with E-state index in [1.165, 1.54) is 25.3 Å². The average Bonchev–Trinajstić information content (AvgIpc) is 2.73. The molecule has 1 saturated heterocycles. The molecule has 1 N–H and O–H groups in total. The molecule has 0 aliphatic carbocycles. The number of phenolic OH excluding ortho intramolecular Hbond substituents is 1. The molecule has 0 bridgehead atoms. The number of nitrogens with zero attached hydrogens (tertiary/aromatic N) is 1. The van der Waals surface area contributed by atoms with E-state index in [-0.39, 0.29) is 5.75 Å². The maximum absolute atomic E-state index is 13.2. The molecule has 0 amide bonds. The summed E-state index contributed by atoms with van der Waals surface area (Å²) < 4.78 is 13.2. The van der Waals surface area contributed by atoms with Crippen LogP contribution in [0, 0.1) is 11.7 Å². The normalized spacial score (nSPS) is 20.9. The van der Waals surface area contributed by atoms with Gasteiger partial charge in [-0.05, 0) is 31.4 Å². The topological polar surface area (TPSA) is 23.5 Å². The average molecular weight is 237 g/mol. The predicted octanol–water partition coefficient (Wildman–Crippen LogP) is 3.15. The lowest BCUT2D eigenvalue weighted by Gasteiger charge is -2.16. The van der Waals surface area contributed by atoms with E-state index in [0.29, 0.717) is 12.1 Å². The van der Waals surface area contributed by atoms with Crippen molar-refractivity contribution < 1.29 is 9.50 Å². The van der Waals surface area contributed by atoms with Crippen LogP contribution in [-0.2, 0) is 6.54 Å². The largest absolute Gasteiger partial charge is 0.505 e. The quantitative estimate of drug-likeness (QED) is 0.869. The molecule has 0 aromatic heterocycles. The molecule has 17 heavy (non-hydrogen) atoms. The van der Waals surface area contributed by atoms with Crippen molar-refractivity contribution in [1.82, 2.24) is 4.90 Å². The highest BCUT2D eigenvalue weighted by molar-refractivity contribution is 5.33. The second-order valence-electron chi connectivity index (χ2n) is 4.93. The van der Waals surface area contributed by atoms with Gasteiger partial charge in [-0.2, -0.15) is 0 Å². The Hall–Kier alpha value is -1.09. The molecule has 1 aliphatic rings. The van der Waals surface area contributed by atoms with Gasteiger partial charge < -0.3 is 5.11 Å². The van der Waals surface area contributed by atoms with Crippen LogP contribution < -0.4 is 0 Å². The SMILES string of the molecule is CCCC1CCN(Cc2cccc(F)c2O)C1. The first-order valence-corrected chi connectivity index (χ1v) is 6.39. The van der Waals surface area contributed by atoms with E-state index in [0.717, 1.165) is 19.0 Å². The predicted molar refractivity (Wildman–Crippen MR) is 66.4 cm³/mol. The Balaban J connectivity index is 1.96. The zero-order valence-electron chi connectivity index (χ0n) is 10.3. The monoisotopic (exact) mass is 237 g/mol. The van der Waals surface area contributed by atoms with Crippen molar-refractivity contribution >= 4 is 0 Å². The van der Waals surface area contributed by atoms with E-state index in [4.69, 9.17) is 0 Å². The van der Waals surface area contributed by atoms with Gasteiger partial charge in [0.05, 0.1) is 0 Å². The third kappa shape index (κ3) is 2.97. The van der Waals surface area contributed by atoms with E-state index in [2.05, 4.69) is 11.8 Å². The van der Waals surface area contributed by atoms with Gasteiger partial charge in [-0.25, -0.2) is 4.39 Å². The molecular weight excluding hydrogens is 217 g/mol. The molecule has 0 saturated carbocycles. The fourth-order valence-electron chi connectivity index (χ4n) is 2.63. The van der Waals surface area contributed by atoms with Crippen LogP contribution in [0.5, 0.6) is 5.75 Å². The molecule has 1 aromatic carbocycles. The molecular formula is C14H20FNO. The summed E-state index contributed by atoms with van der Waals surface area (Å²) in [6, 6.07) is 4.75. The maximum Gasteiger partial charge on any atom is 0.165 e. The molecule has 1 heterocycles. The van der Waals surface area contributed by atoms with Crippen LogP contribution in [0.3, 0.4) is 0 Å². The molecule has 0 spiro atoms. The zero-order valence-corrected chi connectivity index (χ0v) is 10.3. The number of rotatable bonds is 4. The Labute approximate surface area is 102 Å². The van der Waals surface area contributed by atoms with Crippen molar-refractivity contribution in [2.45, 2.75) is 32.7 Å². The third-order valence-electron chi connectivity index (χ3n) is 3.53. The van der Waals surface area contributed by atoms with Gasteiger partial charge in [0.25, 0.3) is 0 Å². The minimum absolute atomic E-state index is 0.188. The number of phenols is 1. The first-order chi connectivity index (χ1) is 8.20. The third-order valence-corrected chi connectivity index (χ3v) is 3.53. The second kappa shape index (κ2) is 5.50. The van der Waals surface area contributed by atoms with Crippen molar-refractivity contribution in [1.29, 1.82) is 0 Å². The number of aromatic hydroxyl groups is 1. The lowest BCUT2D eigenvalue weighted by molar-refractivity contribution is 0.305. The molecule has 94 valence electrons. The van der Waals surface area contributed by atoms with Crippen LogP contribution in [0.25, 0.3) is 0 Å². The molecule has 1 fully saturated rings. The van der Waals surface area contributed by atoms with Crippen LogP contribution in [0.2, 0.25) is 0 Å². The Kier molecular flexibility index (Phi) is 4.00. The summed E-state index contributed by atoms with van der Waals surface area (Å²) in [5, 5.41) is 9.63. The number of para-hydroxylation sites is 1. The summed E-state index contributed by atoms with van der Waals surface area (Å²) in [5.41, 5.74) is 0.696. The smallest absolute Gasteiger partial charge is 0.165 e. The van der Waals surface area contributed by atoms with Crippen LogP contribution in [0.4, 0.5) is 4.39 Å². The highest BCUT2D eigenvalue weighted by Gasteiger charge is 2.22. The molecule has 1 aliphatic heterocycles. The van der Waals surface area contributed by atoms with Gasteiger partial charge in [0.15, 0.2) is 11.6 Å². The van der Waals surface area contributed by atoms with E-state index < -0.39 is 5.82 Å². The molecule has 3 heteroatoms. The first kappa shape index (κ1) is 12.4. The van der Waals surface area contributed by atoms with E-state index in [9.17, 15) is 9.50 Å². The minimum Gasteiger partial charge on any atom is -0.505 e. The van der Waals surface area contributed by atoms with Gasteiger partial charge in [-0.1, -0.05) is 25.5 Å². The number of likely N-dealkylation sites (tertiary alicyclic amines) is 1. The highest BCUT2D eigenvalue weighted by atomic mass is 19.1. The maximum atomic E-state index is 13.2. The molecule has 1 atom stereocenters. The Bertz CT molecular complexity index is 380. The molecule has 2 rings (SSSR count). The number of hydrogen-bond donors (Lipinski definition) is 1. The van der Waals surface area contributed by atoms with E-state index >= 15 is 0 Å². The van der Waals surface area contributed by atoms with Gasteiger partial charge in [0.1, 0.15) is 0 Å². The summed E-state index contributed by atoms with van der Waals surface area (Å²) in [5.74, 6) is 0.0638. The highest BCUT2D eigenvalue weighted by Crippen LogP contribution is 2.26. The van der Waals surface area contributed by atoms with Crippen molar-refractivity contribution in [3.8, 4) is 5.75 Å². The zero-order chi connectivity index (χ0) is 12.3. The Morgan fingerprint density at radius 3 is 3.06 bits per heavy atom. The summed E-state index contributed by atoms with van der Waals surface area (Å²) in [6.07, 6.45) is 3.72. The van der Waals surface area contributed by atoms with Gasteiger partial charge in [0, 0.05) is 18.7 Å². The number of halogens is 1. The summed E-state index contributed by atoms with van der Waals surface area (Å²) in [7, 11) is 0. The second-order valence-corrected chi connectivity index (χ2v) is 4.93. The summed E-state index contributed by atoms with van der Waals surface area (Å²) in [4.78, 5) is 2.30. The minimum atomic E-state index is -0.521. The lowest BCUT2D eigenvalue weighted by Crippen LogP contribution is -2.20. The Morgan fingerprint density at radius 1 is 1.47 bits per heavy atom. The standard InChI is InChI=1S/C14H20FNO/c1-2-4-11-7-8-16(9-11)10-12-5-3-6-13(15)14(12)17/h3,5-6,11,17H,2,4,7-10H2,1H3. The van der Waals surface area contributed by atoms with Gasteiger partial charge >= 0.3 is 0 Å². The summed E-state index contributed by atoms with van der Waals surface area (Å²) in [6.45, 7) is 5.00. The van der Waals surface area contributed by atoms with Crippen molar-refractivity contribution in [2.75, 3.05) is 13.1 Å². The first-order valence-electron chi connectivity index (χ1n) is 6.39. The Morgan fingerprint density at radius 2 is 2.29 bits per heavy atom. The molecule has 0 radical (unpaired) electrons. The number of hydrogen-bond acceptors (Lipinski definition) is 2. The summed E-state index contributed by atoms with van der Waals surface area (Å²) >= 11 is 0. The van der Waals surface area contributed by atoms with E-state index in [1.807, 2.05) is 0 Å². The van der Waals surface area contributed by atoms with Crippen molar-refractivity contribution in [2.24, 2.45) is 5.92 Å². The van der Waals surface area contributed by atoms with Crippen molar-refractivity contribution in [3.63, 3.8) is 0 Å². The van der Waals surface area contributed by atoms with Gasteiger partial charge in [-0.3, -0.25) is 4.90 Å². The fraction of sp³-hybridized carbons (Fsp3) is 0.571. The fourth-order valence-corrected chi connectivity index (χ4v) is 2.63. The molecule has 1 unspecified atom stereocenters. The van der Waals surface area contributed by atoms with Gasteiger partial charge in [-0.15, -0.1) is 0 Å². The van der Waals surface area contributed by atoms with E-state index in [1.54, 1.807) is 12.1 Å². The van der Waals surface area contributed by atoms with Crippen LogP contribution >= 0.6 is 0 Å². The number of benzene rings is 1. The van der Waals surface area contributed by atoms with Crippen LogP contribution in [0.1, 0.15) is 31.7 Å². The molecule has 1 aromatic rings.